The highest BCUT2D eigenvalue weighted by Crippen LogP contribution is 2.23. The Kier molecular flexibility index (Phi) is 7.10. The fourth-order valence-electron chi connectivity index (χ4n) is 3.56. The molecule has 0 saturated carbocycles. The van der Waals surface area contributed by atoms with E-state index >= 15 is 0 Å². The van der Waals surface area contributed by atoms with Crippen LogP contribution in [0.3, 0.4) is 0 Å². The van der Waals surface area contributed by atoms with Gasteiger partial charge in [0.05, 0.1) is 5.92 Å². The minimum Gasteiger partial charge on any atom is -0.455 e. The van der Waals surface area contributed by atoms with Crippen LogP contribution in [0, 0.1) is 5.92 Å². The summed E-state index contributed by atoms with van der Waals surface area (Å²) in [7, 11) is 0. The summed E-state index contributed by atoms with van der Waals surface area (Å²) >= 11 is 0. The Morgan fingerprint density at radius 2 is 1.74 bits per heavy atom. The smallest absolute Gasteiger partial charge is 0.311 e. The number of likely N-dealkylation sites (tertiary alicyclic amines) is 1. The summed E-state index contributed by atoms with van der Waals surface area (Å²) in [6.45, 7) is 6.90. The number of nitrogens with zero attached hydrogens (tertiary/aromatic N) is 1. The molecule has 1 saturated heterocycles. The van der Waals surface area contributed by atoms with E-state index in [-0.39, 0.29) is 24.3 Å². The van der Waals surface area contributed by atoms with Crippen molar-refractivity contribution >= 4 is 23.5 Å². The molecule has 3 rings (SSSR count). The largest absolute Gasteiger partial charge is 0.455 e. The molecule has 0 aromatic heterocycles. The highest BCUT2D eigenvalue weighted by Gasteiger charge is 2.35. The van der Waals surface area contributed by atoms with Gasteiger partial charge in [-0.25, -0.2) is 0 Å². The topological polar surface area (TPSA) is 75.7 Å². The Morgan fingerprint density at radius 3 is 2.39 bits per heavy atom. The fourth-order valence-corrected chi connectivity index (χ4v) is 3.56. The van der Waals surface area contributed by atoms with Crippen LogP contribution in [0.15, 0.2) is 54.6 Å². The molecule has 164 valence electrons. The van der Waals surface area contributed by atoms with Crippen LogP contribution in [0.2, 0.25) is 0 Å². The zero-order valence-electron chi connectivity index (χ0n) is 18.4. The summed E-state index contributed by atoms with van der Waals surface area (Å²) < 4.78 is 5.17. The normalized spacial score (nSPS) is 16.3. The van der Waals surface area contributed by atoms with Gasteiger partial charge in [0.1, 0.15) is 0 Å². The van der Waals surface area contributed by atoms with Crippen LogP contribution in [0.5, 0.6) is 0 Å². The molecule has 2 amide bonds. The number of anilines is 1. The van der Waals surface area contributed by atoms with Gasteiger partial charge >= 0.3 is 5.97 Å². The lowest BCUT2D eigenvalue weighted by Gasteiger charge is -2.19. The van der Waals surface area contributed by atoms with Gasteiger partial charge in [0.2, 0.25) is 5.91 Å². The number of carbonyl (C=O) groups excluding carboxylic acids is 3. The maximum absolute atomic E-state index is 12.3. The van der Waals surface area contributed by atoms with Crippen LogP contribution in [-0.2, 0) is 31.0 Å². The number of esters is 1. The van der Waals surface area contributed by atoms with Gasteiger partial charge in [0.15, 0.2) is 6.61 Å². The van der Waals surface area contributed by atoms with Crippen LogP contribution < -0.4 is 5.32 Å². The summed E-state index contributed by atoms with van der Waals surface area (Å²) in [5, 5.41) is 2.73. The molecule has 6 nitrogen and oxygen atoms in total. The van der Waals surface area contributed by atoms with E-state index in [0.717, 1.165) is 12.0 Å². The molecular formula is C25H30N2O4. The lowest BCUT2D eigenvalue weighted by atomic mass is 9.87. The second-order valence-corrected chi connectivity index (χ2v) is 8.96. The second kappa shape index (κ2) is 9.77. The van der Waals surface area contributed by atoms with Crippen molar-refractivity contribution in [1.29, 1.82) is 0 Å². The van der Waals surface area contributed by atoms with E-state index in [1.807, 2.05) is 54.6 Å². The first-order valence-corrected chi connectivity index (χ1v) is 10.6. The quantitative estimate of drug-likeness (QED) is 0.693. The van der Waals surface area contributed by atoms with Crippen LogP contribution in [0.1, 0.15) is 38.3 Å². The SMILES string of the molecule is CC(C)(C)c1ccc(NC(=O)COC(=O)[C@@H]2CC(=O)N(CCc3ccccc3)C2)cc1. The van der Waals surface area contributed by atoms with Gasteiger partial charge in [-0.2, -0.15) is 0 Å². The molecule has 0 aliphatic carbocycles. The third kappa shape index (κ3) is 6.41. The van der Waals surface area contributed by atoms with Crippen LogP contribution in [0.25, 0.3) is 0 Å². The Hall–Kier alpha value is -3.15. The van der Waals surface area contributed by atoms with Gasteiger partial charge in [-0.15, -0.1) is 0 Å². The number of hydrogen-bond donors (Lipinski definition) is 1. The predicted octanol–water partition coefficient (Wildman–Crippen LogP) is 3.56. The summed E-state index contributed by atoms with van der Waals surface area (Å²) in [6.07, 6.45) is 0.869. The molecule has 31 heavy (non-hydrogen) atoms. The number of ether oxygens (including phenoxy) is 1. The summed E-state index contributed by atoms with van der Waals surface area (Å²) in [6, 6.07) is 17.5. The Morgan fingerprint density at radius 1 is 1.06 bits per heavy atom. The molecule has 1 heterocycles. The van der Waals surface area contributed by atoms with E-state index in [9.17, 15) is 14.4 Å². The second-order valence-electron chi connectivity index (χ2n) is 8.96. The molecule has 0 unspecified atom stereocenters. The van der Waals surface area contributed by atoms with E-state index in [1.54, 1.807) is 4.90 Å². The number of hydrogen-bond acceptors (Lipinski definition) is 4. The molecule has 1 aliphatic rings. The van der Waals surface area contributed by atoms with Crippen molar-refractivity contribution < 1.29 is 19.1 Å². The molecule has 1 fully saturated rings. The van der Waals surface area contributed by atoms with Crippen LogP contribution in [0.4, 0.5) is 5.69 Å². The molecule has 0 bridgehead atoms. The number of carbonyl (C=O) groups is 3. The van der Waals surface area contributed by atoms with Crippen molar-refractivity contribution in [2.45, 2.75) is 39.0 Å². The zero-order chi connectivity index (χ0) is 22.4. The minimum atomic E-state index is -0.526. The number of rotatable bonds is 7. The molecule has 2 aromatic rings. The highest BCUT2D eigenvalue weighted by molar-refractivity contribution is 5.93. The Labute approximate surface area is 183 Å². The Bertz CT molecular complexity index is 917. The predicted molar refractivity (Wildman–Crippen MR) is 120 cm³/mol. The van der Waals surface area contributed by atoms with E-state index < -0.39 is 17.8 Å². The van der Waals surface area contributed by atoms with Gasteiger partial charge in [-0.1, -0.05) is 63.2 Å². The third-order valence-corrected chi connectivity index (χ3v) is 5.44. The lowest BCUT2D eigenvalue weighted by Crippen LogP contribution is -2.29. The summed E-state index contributed by atoms with van der Waals surface area (Å²) in [5.41, 5.74) is 3.00. The van der Waals surface area contributed by atoms with E-state index in [0.29, 0.717) is 18.8 Å². The van der Waals surface area contributed by atoms with Crippen LogP contribution in [-0.4, -0.2) is 42.4 Å². The molecule has 1 atom stereocenters. The third-order valence-electron chi connectivity index (χ3n) is 5.44. The first-order chi connectivity index (χ1) is 14.7. The minimum absolute atomic E-state index is 0.0335. The van der Waals surface area contributed by atoms with Gasteiger partial charge in [0.25, 0.3) is 5.91 Å². The first kappa shape index (κ1) is 22.5. The molecule has 6 heteroatoms. The maximum atomic E-state index is 12.3. The Balaban J connectivity index is 1.43. The van der Waals surface area contributed by atoms with Crippen molar-refractivity contribution in [3.8, 4) is 0 Å². The van der Waals surface area contributed by atoms with Crippen molar-refractivity contribution in [2.24, 2.45) is 5.92 Å². The molecular weight excluding hydrogens is 392 g/mol. The summed E-state index contributed by atoms with van der Waals surface area (Å²) in [4.78, 5) is 38.4. The lowest BCUT2D eigenvalue weighted by molar-refractivity contribution is -0.151. The summed E-state index contributed by atoms with van der Waals surface area (Å²) in [5.74, 6) is -1.49. The van der Waals surface area contributed by atoms with Crippen molar-refractivity contribution in [3.05, 3.63) is 65.7 Å². The molecule has 0 radical (unpaired) electrons. The molecule has 1 aliphatic heterocycles. The maximum Gasteiger partial charge on any atom is 0.311 e. The fraction of sp³-hybridized carbons (Fsp3) is 0.400. The molecule has 1 N–H and O–H groups in total. The van der Waals surface area contributed by atoms with Gasteiger partial charge in [-0.05, 0) is 35.1 Å². The monoisotopic (exact) mass is 422 g/mol. The average molecular weight is 423 g/mol. The number of amides is 2. The highest BCUT2D eigenvalue weighted by atomic mass is 16.5. The average Bonchev–Trinajstić information content (AvgIpc) is 3.11. The van der Waals surface area contributed by atoms with E-state index in [1.165, 1.54) is 5.56 Å². The molecule has 0 spiro atoms. The standard InChI is InChI=1S/C25H30N2O4/c1-25(2,3)20-9-11-21(12-10-20)26-22(28)17-31-24(30)19-15-23(29)27(16-19)14-13-18-7-5-4-6-8-18/h4-12,19H,13-17H2,1-3H3,(H,26,28)/t19-/m1/s1. The van der Waals surface area contributed by atoms with Gasteiger partial charge in [-0.3, -0.25) is 14.4 Å². The van der Waals surface area contributed by atoms with E-state index in [4.69, 9.17) is 4.74 Å². The van der Waals surface area contributed by atoms with Gasteiger partial charge < -0.3 is 15.0 Å². The van der Waals surface area contributed by atoms with E-state index in [2.05, 4.69) is 26.1 Å². The number of nitrogens with one attached hydrogen (secondary N) is 1. The van der Waals surface area contributed by atoms with Crippen molar-refractivity contribution in [1.82, 2.24) is 4.90 Å². The zero-order valence-corrected chi connectivity index (χ0v) is 18.4. The van der Waals surface area contributed by atoms with Crippen molar-refractivity contribution in [2.75, 3.05) is 25.0 Å². The first-order valence-electron chi connectivity index (χ1n) is 10.6. The number of benzene rings is 2. The van der Waals surface area contributed by atoms with Crippen molar-refractivity contribution in [3.63, 3.8) is 0 Å². The van der Waals surface area contributed by atoms with Gasteiger partial charge in [0, 0.05) is 25.2 Å². The van der Waals surface area contributed by atoms with Crippen LogP contribution >= 0.6 is 0 Å². The molecule has 2 aromatic carbocycles.